The second kappa shape index (κ2) is 8.01. The molecule has 1 rings (SSSR count). The molecule has 0 fully saturated rings. The van der Waals surface area contributed by atoms with Gasteiger partial charge < -0.3 is 11.1 Å². The van der Waals surface area contributed by atoms with E-state index in [-0.39, 0.29) is 5.91 Å². The molecule has 0 unspecified atom stereocenters. The number of anilines is 1. The minimum Gasteiger partial charge on any atom is -0.376 e. The van der Waals surface area contributed by atoms with Gasteiger partial charge >= 0.3 is 0 Å². The van der Waals surface area contributed by atoms with E-state index in [1.165, 1.54) is 25.0 Å². The zero-order valence-corrected chi connectivity index (χ0v) is 11.1. The highest BCUT2D eigenvalue weighted by Gasteiger charge is 1.98. The second-order valence-electron chi connectivity index (χ2n) is 3.88. The minimum absolute atomic E-state index is 0.384. The van der Waals surface area contributed by atoms with E-state index in [0.717, 1.165) is 11.6 Å². The first-order chi connectivity index (χ1) is 8.24. The number of thioether (sulfide) groups is 1. The molecule has 0 heterocycles. The third-order valence-electron chi connectivity index (χ3n) is 2.44. The van der Waals surface area contributed by atoms with Crippen molar-refractivity contribution in [1.29, 1.82) is 0 Å². The lowest BCUT2D eigenvalue weighted by Crippen LogP contribution is -2.10. The van der Waals surface area contributed by atoms with Gasteiger partial charge in [0.1, 0.15) is 0 Å². The molecule has 1 aromatic carbocycles. The fraction of sp³-hybridized carbons (Fsp3) is 0.462. The summed E-state index contributed by atoms with van der Waals surface area (Å²) in [6.07, 6.45) is 3.85. The van der Waals surface area contributed by atoms with Crippen molar-refractivity contribution in [3.05, 3.63) is 29.8 Å². The summed E-state index contributed by atoms with van der Waals surface area (Å²) < 4.78 is 0. The van der Waals surface area contributed by atoms with Crippen LogP contribution < -0.4 is 11.1 Å². The first-order valence-corrected chi connectivity index (χ1v) is 7.11. The van der Waals surface area contributed by atoms with Crippen molar-refractivity contribution in [2.24, 2.45) is 5.73 Å². The lowest BCUT2D eigenvalue weighted by atomic mass is 10.2. The summed E-state index contributed by atoms with van der Waals surface area (Å²) in [5.74, 6) is 1.71. The Morgan fingerprint density at radius 1 is 1.29 bits per heavy atom. The summed E-state index contributed by atoms with van der Waals surface area (Å²) in [4.78, 5) is 10.9. The van der Waals surface area contributed by atoms with Crippen LogP contribution in [0.15, 0.2) is 24.3 Å². The molecule has 0 spiro atoms. The maximum Gasteiger partial charge on any atom is 0.248 e. The van der Waals surface area contributed by atoms with E-state index in [2.05, 4.69) is 12.2 Å². The van der Waals surface area contributed by atoms with Gasteiger partial charge in [-0.2, -0.15) is 0 Å². The molecule has 0 aliphatic rings. The number of nitrogens with one attached hydrogen (secondary N) is 1. The Bertz CT molecular complexity index is 338. The first-order valence-electron chi connectivity index (χ1n) is 5.95. The Labute approximate surface area is 107 Å². The van der Waals surface area contributed by atoms with E-state index >= 15 is 0 Å². The number of nitrogens with two attached hydrogens (primary N) is 1. The second-order valence-corrected chi connectivity index (χ2v) is 4.98. The van der Waals surface area contributed by atoms with Crippen LogP contribution in [0.25, 0.3) is 0 Å². The number of unbranched alkanes of at least 4 members (excludes halogenated alkanes) is 2. The standard InChI is InChI=1S/C13H20N2OS/c1-2-3-4-9-17-10-15-12-7-5-11(6-8-12)13(14)16/h5-8,15H,2-4,9-10H2,1H3,(H2,14,16). The average Bonchev–Trinajstić information content (AvgIpc) is 2.34. The largest absolute Gasteiger partial charge is 0.376 e. The van der Waals surface area contributed by atoms with Gasteiger partial charge in [0, 0.05) is 11.3 Å². The van der Waals surface area contributed by atoms with Crippen molar-refractivity contribution in [2.75, 3.05) is 16.9 Å². The van der Waals surface area contributed by atoms with Gasteiger partial charge in [-0.05, 0) is 36.4 Å². The number of carbonyl (C=O) groups is 1. The molecule has 0 aliphatic heterocycles. The van der Waals surface area contributed by atoms with Gasteiger partial charge in [-0.3, -0.25) is 4.79 Å². The van der Waals surface area contributed by atoms with Crippen molar-refractivity contribution in [3.8, 4) is 0 Å². The summed E-state index contributed by atoms with van der Waals surface area (Å²) in [5.41, 5.74) is 6.74. The average molecular weight is 252 g/mol. The molecule has 3 N–H and O–H groups in total. The number of amides is 1. The van der Waals surface area contributed by atoms with Gasteiger partial charge in [-0.15, -0.1) is 11.8 Å². The summed E-state index contributed by atoms with van der Waals surface area (Å²) in [6, 6.07) is 7.25. The molecule has 0 saturated carbocycles. The molecule has 1 aromatic rings. The van der Waals surface area contributed by atoms with Crippen LogP contribution in [0.4, 0.5) is 5.69 Å². The Hall–Kier alpha value is -1.16. The topological polar surface area (TPSA) is 55.1 Å². The van der Waals surface area contributed by atoms with Gasteiger partial charge in [0.15, 0.2) is 0 Å². The van der Waals surface area contributed by atoms with Crippen LogP contribution in [0.1, 0.15) is 36.5 Å². The highest BCUT2D eigenvalue weighted by Crippen LogP contribution is 2.12. The lowest BCUT2D eigenvalue weighted by Gasteiger charge is -2.06. The zero-order chi connectivity index (χ0) is 12.5. The van der Waals surface area contributed by atoms with Crippen molar-refractivity contribution < 1.29 is 4.79 Å². The first kappa shape index (κ1) is 13.9. The van der Waals surface area contributed by atoms with Crippen LogP contribution in [-0.4, -0.2) is 17.5 Å². The van der Waals surface area contributed by atoms with Gasteiger partial charge in [0.25, 0.3) is 0 Å². The van der Waals surface area contributed by atoms with Gasteiger partial charge in [0.2, 0.25) is 5.91 Å². The molecule has 94 valence electrons. The molecule has 0 saturated heterocycles. The Balaban J connectivity index is 2.21. The van der Waals surface area contributed by atoms with Crippen molar-refractivity contribution in [2.45, 2.75) is 26.2 Å². The van der Waals surface area contributed by atoms with Crippen LogP contribution in [0.3, 0.4) is 0 Å². The highest BCUT2D eigenvalue weighted by atomic mass is 32.2. The van der Waals surface area contributed by atoms with Gasteiger partial charge in [0.05, 0.1) is 5.88 Å². The number of primary amides is 1. The summed E-state index contributed by atoms with van der Waals surface area (Å²) in [7, 11) is 0. The van der Waals surface area contributed by atoms with Gasteiger partial charge in [-0.25, -0.2) is 0 Å². The predicted octanol–water partition coefficient (Wildman–Crippen LogP) is 3.08. The van der Waals surface area contributed by atoms with E-state index in [1.54, 1.807) is 12.1 Å². The maximum atomic E-state index is 10.9. The number of benzene rings is 1. The van der Waals surface area contributed by atoms with E-state index in [9.17, 15) is 4.79 Å². The Morgan fingerprint density at radius 2 is 2.00 bits per heavy atom. The molecule has 3 nitrogen and oxygen atoms in total. The lowest BCUT2D eigenvalue weighted by molar-refractivity contribution is 0.100. The third-order valence-corrected chi connectivity index (χ3v) is 3.37. The number of hydrogen-bond acceptors (Lipinski definition) is 3. The third kappa shape index (κ3) is 5.63. The monoisotopic (exact) mass is 252 g/mol. The van der Waals surface area contributed by atoms with Crippen LogP contribution in [0.5, 0.6) is 0 Å². The SMILES string of the molecule is CCCCCSCNc1ccc(C(N)=O)cc1. The number of hydrogen-bond donors (Lipinski definition) is 2. The predicted molar refractivity (Wildman–Crippen MR) is 75.4 cm³/mol. The zero-order valence-electron chi connectivity index (χ0n) is 10.2. The smallest absolute Gasteiger partial charge is 0.248 e. The summed E-state index contributed by atoms with van der Waals surface area (Å²) in [6.45, 7) is 2.21. The molecule has 0 atom stereocenters. The summed E-state index contributed by atoms with van der Waals surface area (Å²) >= 11 is 1.90. The molecular formula is C13H20N2OS. The van der Waals surface area contributed by atoms with Crippen LogP contribution >= 0.6 is 11.8 Å². The van der Waals surface area contributed by atoms with Crippen molar-refractivity contribution >= 4 is 23.4 Å². The molecule has 1 amide bonds. The van der Waals surface area contributed by atoms with E-state index in [1.807, 2.05) is 23.9 Å². The molecule has 4 heteroatoms. The van der Waals surface area contributed by atoms with Crippen LogP contribution in [0.2, 0.25) is 0 Å². The van der Waals surface area contributed by atoms with Gasteiger partial charge in [-0.1, -0.05) is 19.8 Å². The Kier molecular flexibility index (Phi) is 6.55. The van der Waals surface area contributed by atoms with E-state index in [4.69, 9.17) is 5.73 Å². The normalized spacial score (nSPS) is 10.2. The van der Waals surface area contributed by atoms with E-state index < -0.39 is 0 Å². The molecule has 0 radical (unpaired) electrons. The quantitative estimate of drug-likeness (QED) is 0.552. The van der Waals surface area contributed by atoms with E-state index in [0.29, 0.717) is 5.56 Å². The highest BCUT2D eigenvalue weighted by molar-refractivity contribution is 7.99. The molecule has 0 aliphatic carbocycles. The van der Waals surface area contributed by atoms with Crippen molar-refractivity contribution in [3.63, 3.8) is 0 Å². The number of rotatable bonds is 8. The fourth-order valence-corrected chi connectivity index (χ4v) is 2.23. The fourth-order valence-electron chi connectivity index (χ4n) is 1.41. The van der Waals surface area contributed by atoms with Crippen molar-refractivity contribution in [1.82, 2.24) is 0 Å². The van der Waals surface area contributed by atoms with Crippen LogP contribution in [0, 0.1) is 0 Å². The Morgan fingerprint density at radius 3 is 2.59 bits per heavy atom. The maximum absolute atomic E-state index is 10.9. The minimum atomic E-state index is -0.384. The molecule has 0 bridgehead atoms. The molecule has 0 aromatic heterocycles. The molecule has 17 heavy (non-hydrogen) atoms. The summed E-state index contributed by atoms with van der Waals surface area (Å²) in [5, 5.41) is 3.30. The number of carbonyl (C=O) groups excluding carboxylic acids is 1. The van der Waals surface area contributed by atoms with Crippen LogP contribution in [-0.2, 0) is 0 Å². The molecular weight excluding hydrogens is 232 g/mol.